The van der Waals surface area contributed by atoms with E-state index in [4.69, 9.17) is 4.74 Å². The van der Waals surface area contributed by atoms with Crippen molar-refractivity contribution in [1.29, 1.82) is 0 Å². The highest BCUT2D eigenvalue weighted by Gasteiger charge is 2.22. The number of rotatable bonds is 3. The minimum Gasteiger partial charge on any atom is -0.375 e. The molecule has 17 heavy (non-hydrogen) atoms. The molecule has 2 rings (SSSR count). The van der Waals surface area contributed by atoms with Gasteiger partial charge >= 0.3 is 0 Å². The first-order chi connectivity index (χ1) is 8.25. The smallest absolute Gasteiger partial charge is 0.222 e. The molecule has 0 spiro atoms. The van der Waals surface area contributed by atoms with Crippen molar-refractivity contribution in [2.45, 2.75) is 38.7 Å². The van der Waals surface area contributed by atoms with Crippen molar-refractivity contribution in [3.63, 3.8) is 0 Å². The van der Waals surface area contributed by atoms with Gasteiger partial charge in [0.05, 0.1) is 12.7 Å². The minimum atomic E-state index is 0.192. The van der Waals surface area contributed by atoms with Crippen LogP contribution in [0.3, 0.4) is 0 Å². The number of hydrogen-bond donors (Lipinski definition) is 0. The molecule has 1 radical (unpaired) electrons. The van der Waals surface area contributed by atoms with Gasteiger partial charge in [0.15, 0.2) is 0 Å². The predicted molar refractivity (Wildman–Crippen MR) is 65.8 cm³/mol. The van der Waals surface area contributed by atoms with Crippen LogP contribution in [0, 0.1) is 5.92 Å². The monoisotopic (exact) mass is 239 g/mol. The summed E-state index contributed by atoms with van der Waals surface area (Å²) in [5, 5.41) is 4.42. The second-order valence-electron chi connectivity index (χ2n) is 5.20. The predicted octanol–water partition coefficient (Wildman–Crippen LogP) is 1.03. The van der Waals surface area contributed by atoms with Crippen LogP contribution >= 0.6 is 0 Å². The molecule has 97 valence electrons. The third-order valence-electron chi connectivity index (χ3n) is 3.68. The van der Waals surface area contributed by atoms with Gasteiger partial charge in [0.25, 0.3) is 0 Å². The molecular formula is C13H23N2O2. The maximum absolute atomic E-state index is 12.0. The van der Waals surface area contributed by atoms with Crippen LogP contribution in [-0.2, 0) is 9.53 Å². The fourth-order valence-corrected chi connectivity index (χ4v) is 2.62. The highest BCUT2D eigenvalue weighted by Crippen LogP contribution is 2.18. The number of morpholine rings is 1. The Morgan fingerprint density at radius 2 is 2.41 bits per heavy atom. The number of piperidine rings is 1. The third-order valence-corrected chi connectivity index (χ3v) is 3.68. The first-order valence-corrected chi connectivity index (χ1v) is 6.78. The van der Waals surface area contributed by atoms with Gasteiger partial charge in [0, 0.05) is 32.6 Å². The summed E-state index contributed by atoms with van der Waals surface area (Å²) >= 11 is 0. The Labute approximate surface area is 104 Å². The van der Waals surface area contributed by atoms with Crippen LogP contribution in [0.25, 0.3) is 0 Å². The van der Waals surface area contributed by atoms with E-state index in [2.05, 4.69) is 5.32 Å². The molecular weight excluding hydrogens is 216 g/mol. The maximum Gasteiger partial charge on any atom is 0.222 e. The fourth-order valence-electron chi connectivity index (χ4n) is 2.62. The Bertz CT molecular complexity index is 252. The summed E-state index contributed by atoms with van der Waals surface area (Å²) in [6.45, 7) is 6.22. The molecule has 1 amide bonds. The molecule has 2 saturated heterocycles. The van der Waals surface area contributed by atoms with E-state index in [9.17, 15) is 4.79 Å². The van der Waals surface area contributed by atoms with Crippen LogP contribution in [0.5, 0.6) is 0 Å². The average Bonchev–Trinajstić information content (AvgIpc) is 2.37. The molecule has 2 aliphatic rings. The summed E-state index contributed by atoms with van der Waals surface area (Å²) in [6.07, 6.45) is 4.34. The molecule has 2 heterocycles. The van der Waals surface area contributed by atoms with Crippen molar-refractivity contribution in [3.05, 3.63) is 0 Å². The van der Waals surface area contributed by atoms with Gasteiger partial charge in [-0.1, -0.05) is 0 Å². The first-order valence-electron chi connectivity index (χ1n) is 6.78. The lowest BCUT2D eigenvalue weighted by atomic mass is 9.94. The highest BCUT2D eigenvalue weighted by molar-refractivity contribution is 5.76. The molecule has 0 aliphatic carbocycles. The number of carbonyl (C=O) groups is 1. The lowest BCUT2D eigenvalue weighted by Gasteiger charge is -2.31. The van der Waals surface area contributed by atoms with E-state index < -0.39 is 0 Å². The summed E-state index contributed by atoms with van der Waals surface area (Å²) in [7, 11) is 0. The third kappa shape index (κ3) is 3.96. The van der Waals surface area contributed by atoms with Gasteiger partial charge in [-0.05, 0) is 32.1 Å². The van der Waals surface area contributed by atoms with Gasteiger partial charge in [-0.2, -0.15) is 0 Å². The first kappa shape index (κ1) is 12.8. The van der Waals surface area contributed by atoms with Crippen LogP contribution < -0.4 is 5.32 Å². The van der Waals surface area contributed by atoms with Crippen LogP contribution in [-0.4, -0.2) is 49.7 Å². The Balaban J connectivity index is 1.69. The SMILES string of the molecule is CC1CN(C(=O)CCC2CCC[N]C2)CCO1. The molecule has 4 nitrogen and oxygen atoms in total. The summed E-state index contributed by atoms with van der Waals surface area (Å²) in [4.78, 5) is 14.0. The molecule has 0 aromatic carbocycles. The van der Waals surface area contributed by atoms with Gasteiger partial charge in [-0.15, -0.1) is 0 Å². The summed E-state index contributed by atoms with van der Waals surface area (Å²) < 4.78 is 5.44. The quantitative estimate of drug-likeness (QED) is 0.738. The minimum absolute atomic E-state index is 0.192. The normalized spacial score (nSPS) is 30.3. The van der Waals surface area contributed by atoms with Crippen molar-refractivity contribution >= 4 is 5.91 Å². The van der Waals surface area contributed by atoms with Gasteiger partial charge in [0.1, 0.15) is 0 Å². The number of ether oxygens (including phenoxy) is 1. The second-order valence-corrected chi connectivity index (χ2v) is 5.20. The van der Waals surface area contributed by atoms with E-state index in [0.29, 0.717) is 24.9 Å². The average molecular weight is 239 g/mol. The van der Waals surface area contributed by atoms with Gasteiger partial charge in [0.2, 0.25) is 5.91 Å². The topological polar surface area (TPSA) is 43.6 Å². The zero-order chi connectivity index (χ0) is 12.1. The zero-order valence-electron chi connectivity index (χ0n) is 10.7. The maximum atomic E-state index is 12.0. The Hall–Kier alpha value is -0.610. The molecule has 2 aliphatic heterocycles. The highest BCUT2D eigenvalue weighted by atomic mass is 16.5. The van der Waals surface area contributed by atoms with Gasteiger partial charge < -0.3 is 9.64 Å². The lowest BCUT2D eigenvalue weighted by Crippen LogP contribution is -2.44. The van der Waals surface area contributed by atoms with Gasteiger partial charge in [-0.3, -0.25) is 4.79 Å². The van der Waals surface area contributed by atoms with Crippen molar-refractivity contribution in [2.24, 2.45) is 5.92 Å². The lowest BCUT2D eigenvalue weighted by molar-refractivity contribution is -0.138. The van der Waals surface area contributed by atoms with Crippen molar-refractivity contribution in [3.8, 4) is 0 Å². The van der Waals surface area contributed by atoms with E-state index >= 15 is 0 Å². The van der Waals surface area contributed by atoms with Crippen LogP contribution in [0.4, 0.5) is 0 Å². The summed E-state index contributed by atoms with van der Waals surface area (Å²) in [6, 6.07) is 0. The van der Waals surface area contributed by atoms with Gasteiger partial charge in [-0.25, -0.2) is 5.32 Å². The van der Waals surface area contributed by atoms with Crippen molar-refractivity contribution in [2.75, 3.05) is 32.8 Å². The Morgan fingerprint density at radius 1 is 1.53 bits per heavy atom. The molecule has 0 bridgehead atoms. The van der Waals surface area contributed by atoms with Crippen LogP contribution in [0.1, 0.15) is 32.6 Å². The molecule has 0 aromatic heterocycles. The number of carbonyl (C=O) groups excluding carboxylic acids is 1. The van der Waals surface area contributed by atoms with E-state index in [0.717, 1.165) is 32.6 Å². The molecule has 2 atom stereocenters. The van der Waals surface area contributed by atoms with E-state index in [-0.39, 0.29) is 6.10 Å². The Morgan fingerprint density at radius 3 is 3.12 bits per heavy atom. The van der Waals surface area contributed by atoms with E-state index in [1.54, 1.807) is 0 Å². The summed E-state index contributed by atoms with van der Waals surface area (Å²) in [5.74, 6) is 0.942. The fraction of sp³-hybridized carbons (Fsp3) is 0.923. The molecule has 2 unspecified atom stereocenters. The standard InChI is InChI=1S/C13H23N2O2/c1-11-10-15(7-8-17-11)13(16)5-4-12-3-2-6-14-9-12/h11-12H,2-10H2,1H3. The van der Waals surface area contributed by atoms with Crippen molar-refractivity contribution in [1.82, 2.24) is 10.2 Å². The second kappa shape index (κ2) is 6.36. The van der Waals surface area contributed by atoms with Crippen LogP contribution in [0.2, 0.25) is 0 Å². The molecule has 0 saturated carbocycles. The molecule has 4 heteroatoms. The van der Waals surface area contributed by atoms with E-state index in [1.165, 1.54) is 12.8 Å². The largest absolute Gasteiger partial charge is 0.375 e. The summed E-state index contributed by atoms with van der Waals surface area (Å²) in [5.41, 5.74) is 0. The Kier molecular flexibility index (Phi) is 4.80. The number of amides is 1. The van der Waals surface area contributed by atoms with E-state index in [1.807, 2.05) is 11.8 Å². The number of nitrogens with zero attached hydrogens (tertiary/aromatic N) is 2. The van der Waals surface area contributed by atoms with Crippen LogP contribution in [0.15, 0.2) is 0 Å². The zero-order valence-corrected chi connectivity index (χ0v) is 10.7. The number of hydrogen-bond acceptors (Lipinski definition) is 2. The molecule has 0 aromatic rings. The van der Waals surface area contributed by atoms with Crippen molar-refractivity contribution < 1.29 is 9.53 Å². The molecule has 2 fully saturated rings. The molecule has 0 N–H and O–H groups in total.